The summed E-state index contributed by atoms with van der Waals surface area (Å²) >= 11 is 0. The molecule has 2 aliphatic heterocycles. The number of carbonyl (C=O) groups is 2. The fourth-order valence-electron chi connectivity index (χ4n) is 5.65. The van der Waals surface area contributed by atoms with Crippen LogP contribution >= 0.6 is 0 Å². The Kier molecular flexibility index (Phi) is 11.0. The molecule has 2 fully saturated rings. The van der Waals surface area contributed by atoms with Crippen molar-refractivity contribution in [1.29, 1.82) is 0 Å². The molecule has 0 aliphatic carbocycles. The molecule has 176 valence electrons. The Bertz CT molecular complexity index is 529. The first kappa shape index (κ1) is 27.1. The van der Waals surface area contributed by atoms with Crippen LogP contribution in [0.3, 0.4) is 0 Å². The average molecular weight is 424 g/mol. The van der Waals surface area contributed by atoms with E-state index < -0.39 is 0 Å². The van der Waals surface area contributed by atoms with Gasteiger partial charge in [0.25, 0.3) is 0 Å². The third kappa shape index (κ3) is 8.30. The predicted molar refractivity (Wildman–Crippen MR) is 126 cm³/mol. The summed E-state index contributed by atoms with van der Waals surface area (Å²) in [5, 5.41) is 3.65. The first-order valence-electron chi connectivity index (χ1n) is 12.3. The van der Waals surface area contributed by atoms with E-state index in [0.717, 1.165) is 25.7 Å². The molecule has 2 aliphatic rings. The minimum absolute atomic E-state index is 0. The number of nitrogens with zero attached hydrogens (tertiary/aromatic N) is 1. The van der Waals surface area contributed by atoms with Gasteiger partial charge in [-0.3, -0.25) is 14.5 Å². The van der Waals surface area contributed by atoms with E-state index in [1.807, 2.05) is 0 Å². The second kappa shape index (κ2) is 12.2. The van der Waals surface area contributed by atoms with Crippen molar-refractivity contribution in [2.45, 2.75) is 142 Å². The van der Waals surface area contributed by atoms with Crippen LogP contribution in [0, 0.1) is 5.92 Å². The summed E-state index contributed by atoms with van der Waals surface area (Å²) in [5.41, 5.74) is -0.108. The Hall–Kier alpha value is -0.940. The lowest BCUT2D eigenvalue weighted by atomic mass is 9.79. The molecule has 30 heavy (non-hydrogen) atoms. The number of amides is 2. The molecule has 1 atom stereocenters. The minimum Gasteiger partial charge on any atom is -0.344 e. The van der Waals surface area contributed by atoms with Crippen LogP contribution in [0.25, 0.3) is 0 Å². The van der Waals surface area contributed by atoms with Gasteiger partial charge in [0, 0.05) is 29.5 Å². The van der Waals surface area contributed by atoms with Crippen molar-refractivity contribution in [2.75, 3.05) is 0 Å². The molecule has 0 spiro atoms. The van der Waals surface area contributed by atoms with Crippen LogP contribution in [0.1, 0.15) is 125 Å². The van der Waals surface area contributed by atoms with Gasteiger partial charge >= 0.3 is 0 Å². The summed E-state index contributed by atoms with van der Waals surface area (Å²) in [6, 6.07) is 0.0407. The van der Waals surface area contributed by atoms with Crippen LogP contribution in [-0.4, -0.2) is 33.8 Å². The smallest absolute Gasteiger partial charge is 0.233 e. The number of hydrogen-bond donors (Lipinski definition) is 2. The van der Waals surface area contributed by atoms with Gasteiger partial charge in [0.1, 0.15) is 0 Å². The maximum Gasteiger partial charge on any atom is 0.233 e. The molecule has 5 nitrogen and oxygen atoms in total. The molecule has 2 amide bonds. The molecule has 0 bridgehead atoms. The third-order valence-electron chi connectivity index (χ3n) is 6.72. The van der Waals surface area contributed by atoms with E-state index in [1.54, 1.807) is 4.90 Å². The molecule has 0 aromatic rings. The molecule has 0 radical (unpaired) electrons. The fourth-order valence-corrected chi connectivity index (χ4v) is 5.65. The van der Waals surface area contributed by atoms with Gasteiger partial charge in [-0.05, 0) is 47.0 Å². The number of hydrogen-bond acceptors (Lipinski definition) is 4. The van der Waals surface area contributed by atoms with Crippen molar-refractivity contribution >= 4 is 11.8 Å². The monoisotopic (exact) mass is 423 g/mol. The molecular formula is C25H49N3O2. The molecule has 0 aromatic carbocycles. The molecular weight excluding hydrogens is 374 g/mol. The maximum absolute atomic E-state index is 13.0. The minimum atomic E-state index is -0.0716. The van der Waals surface area contributed by atoms with Crippen LogP contribution in [0.5, 0.6) is 0 Å². The second-order valence-corrected chi connectivity index (χ2v) is 10.9. The van der Waals surface area contributed by atoms with Crippen molar-refractivity contribution < 1.29 is 9.59 Å². The van der Waals surface area contributed by atoms with E-state index >= 15 is 0 Å². The van der Waals surface area contributed by atoms with Crippen LogP contribution in [0.15, 0.2) is 0 Å². The Morgan fingerprint density at radius 2 is 1.30 bits per heavy atom. The molecule has 5 heteroatoms. The van der Waals surface area contributed by atoms with E-state index in [4.69, 9.17) is 0 Å². The highest BCUT2D eigenvalue weighted by Gasteiger charge is 2.47. The molecule has 1 unspecified atom stereocenters. The fraction of sp³-hybridized carbons (Fsp3) is 0.920. The van der Waals surface area contributed by atoms with Crippen LogP contribution in [0.4, 0.5) is 0 Å². The van der Waals surface area contributed by atoms with Gasteiger partial charge in [0.15, 0.2) is 0 Å². The van der Waals surface area contributed by atoms with E-state index in [2.05, 4.69) is 39.9 Å². The summed E-state index contributed by atoms with van der Waals surface area (Å²) in [6.45, 7) is 11.0. The van der Waals surface area contributed by atoms with Crippen LogP contribution in [0.2, 0.25) is 0 Å². The predicted octanol–water partition coefficient (Wildman–Crippen LogP) is 6.14. The highest BCUT2D eigenvalue weighted by molar-refractivity contribution is 6.03. The van der Waals surface area contributed by atoms with Crippen molar-refractivity contribution in [3.8, 4) is 0 Å². The molecule has 2 saturated heterocycles. The topological polar surface area (TPSA) is 84.4 Å². The Balaban J connectivity index is 0.00000450. The van der Waals surface area contributed by atoms with Gasteiger partial charge in [0.2, 0.25) is 11.8 Å². The van der Waals surface area contributed by atoms with Crippen LogP contribution in [-0.2, 0) is 9.59 Å². The lowest BCUT2D eigenvalue weighted by Gasteiger charge is -2.48. The van der Waals surface area contributed by atoms with Gasteiger partial charge in [-0.15, -0.1) is 0 Å². The number of unbranched alkanes of at least 4 members (excludes halogenated alkanes) is 9. The van der Waals surface area contributed by atoms with Crippen LogP contribution < -0.4 is 11.5 Å². The number of carbonyl (C=O) groups excluding carboxylic acids is 2. The van der Waals surface area contributed by atoms with Gasteiger partial charge in [0.05, 0.1) is 0 Å². The largest absolute Gasteiger partial charge is 0.344 e. The SMILES string of the molecule is CCCCCCCCCCCCC1CC(=O)N(C2CC(C)(C)NC(C)(C)C2)C1=O.N. The number of piperidine rings is 1. The summed E-state index contributed by atoms with van der Waals surface area (Å²) in [6.07, 6.45) is 16.0. The Labute approximate surface area is 185 Å². The van der Waals surface area contributed by atoms with Crippen molar-refractivity contribution in [1.82, 2.24) is 16.4 Å². The van der Waals surface area contributed by atoms with E-state index in [0.29, 0.717) is 6.42 Å². The molecule has 0 saturated carbocycles. The number of likely N-dealkylation sites (tertiary alicyclic amines) is 1. The average Bonchev–Trinajstić information content (AvgIpc) is 2.87. The van der Waals surface area contributed by atoms with Crippen molar-refractivity contribution in [2.24, 2.45) is 5.92 Å². The van der Waals surface area contributed by atoms with Gasteiger partial charge in [-0.2, -0.15) is 0 Å². The third-order valence-corrected chi connectivity index (χ3v) is 6.72. The quantitative estimate of drug-likeness (QED) is 0.291. The van der Waals surface area contributed by atoms with Crippen molar-refractivity contribution in [3.05, 3.63) is 0 Å². The second-order valence-electron chi connectivity index (χ2n) is 10.9. The molecule has 2 rings (SSSR count). The van der Waals surface area contributed by atoms with Gasteiger partial charge < -0.3 is 11.5 Å². The number of nitrogens with one attached hydrogen (secondary N) is 1. The maximum atomic E-state index is 13.0. The standard InChI is InChI=1S/C25H46N2O2.H3N/c1-6-7-8-9-10-11-12-13-14-15-16-20-17-22(28)27(23(20)29)21-18-24(2,3)26-25(4,5)19-21;/h20-21,26H,6-19H2,1-5H3;1H3. The summed E-state index contributed by atoms with van der Waals surface area (Å²) in [5.74, 6) is 0.0904. The van der Waals surface area contributed by atoms with E-state index in [9.17, 15) is 9.59 Å². The first-order chi connectivity index (χ1) is 13.7. The lowest BCUT2D eigenvalue weighted by Crippen LogP contribution is -2.62. The van der Waals surface area contributed by atoms with Gasteiger partial charge in [-0.25, -0.2) is 0 Å². The Morgan fingerprint density at radius 1 is 0.833 bits per heavy atom. The zero-order valence-corrected chi connectivity index (χ0v) is 20.5. The zero-order valence-electron chi connectivity index (χ0n) is 20.5. The normalized spacial score (nSPS) is 23.6. The van der Waals surface area contributed by atoms with Crippen molar-refractivity contribution in [3.63, 3.8) is 0 Å². The van der Waals surface area contributed by atoms with Gasteiger partial charge in [-0.1, -0.05) is 71.1 Å². The zero-order chi connectivity index (χ0) is 21.5. The first-order valence-corrected chi connectivity index (χ1v) is 12.3. The Morgan fingerprint density at radius 3 is 1.80 bits per heavy atom. The summed E-state index contributed by atoms with van der Waals surface area (Å²) in [4.78, 5) is 27.3. The summed E-state index contributed by atoms with van der Waals surface area (Å²) < 4.78 is 0. The van der Waals surface area contributed by atoms with E-state index in [-0.39, 0.29) is 41.0 Å². The van der Waals surface area contributed by atoms with E-state index in [1.165, 1.54) is 57.8 Å². The highest BCUT2D eigenvalue weighted by atomic mass is 16.2. The lowest BCUT2D eigenvalue weighted by molar-refractivity contribution is -0.144. The number of rotatable bonds is 12. The summed E-state index contributed by atoms with van der Waals surface area (Å²) in [7, 11) is 0. The molecule has 4 N–H and O–H groups in total. The highest BCUT2D eigenvalue weighted by Crippen LogP contribution is 2.36. The molecule has 2 heterocycles. The number of imide groups is 1. The molecule has 0 aromatic heterocycles.